The zero-order chi connectivity index (χ0) is 15.4. The zero-order valence-corrected chi connectivity index (χ0v) is 13.0. The Balaban J connectivity index is 1.91. The van der Waals surface area contributed by atoms with Crippen molar-refractivity contribution in [2.45, 2.75) is 6.42 Å². The number of aromatic amines is 1. The highest BCUT2D eigenvalue weighted by atomic mass is 35.5. The van der Waals surface area contributed by atoms with E-state index < -0.39 is 0 Å². The Kier molecular flexibility index (Phi) is 4.56. The first-order valence-electron chi connectivity index (χ1n) is 7.12. The van der Waals surface area contributed by atoms with E-state index >= 15 is 0 Å². The molecule has 2 aromatic heterocycles. The number of H-pyrrole nitrogens is 1. The normalized spacial score (nSPS) is 11.0. The Morgan fingerprint density at radius 2 is 2.14 bits per heavy atom. The van der Waals surface area contributed by atoms with Gasteiger partial charge in [0, 0.05) is 32.0 Å². The molecule has 0 aliphatic carbocycles. The van der Waals surface area contributed by atoms with Crippen LogP contribution in [0.4, 0.5) is 5.82 Å². The van der Waals surface area contributed by atoms with E-state index in [1.165, 1.54) is 0 Å². The average molecular weight is 317 g/mol. The molecule has 6 heteroatoms. The van der Waals surface area contributed by atoms with Crippen LogP contribution in [0.2, 0.25) is 5.02 Å². The van der Waals surface area contributed by atoms with Gasteiger partial charge in [-0.2, -0.15) is 0 Å². The lowest BCUT2D eigenvalue weighted by Crippen LogP contribution is -2.06. The lowest BCUT2D eigenvalue weighted by molar-refractivity contribution is 0.198. The standard InChI is InChI=1S/C16H17ClN4O/c1-22-10-4-8-18-16-14-13(7-9-19-16)20-15(21-14)11-5-2-3-6-12(11)17/h2-3,5-7,9H,4,8,10H2,1H3,(H,18,19)(H,20,21). The van der Waals surface area contributed by atoms with Gasteiger partial charge in [0.1, 0.15) is 11.3 Å². The zero-order valence-electron chi connectivity index (χ0n) is 12.3. The Hall–Kier alpha value is -2.11. The molecule has 1 aromatic carbocycles. The number of rotatable bonds is 6. The van der Waals surface area contributed by atoms with E-state index in [-0.39, 0.29) is 0 Å². The van der Waals surface area contributed by atoms with Crippen molar-refractivity contribution in [3.8, 4) is 11.4 Å². The number of benzene rings is 1. The molecule has 5 nitrogen and oxygen atoms in total. The molecule has 3 rings (SSSR count). The van der Waals surface area contributed by atoms with Crippen LogP contribution in [0.1, 0.15) is 6.42 Å². The van der Waals surface area contributed by atoms with E-state index in [2.05, 4.69) is 20.3 Å². The van der Waals surface area contributed by atoms with Gasteiger partial charge >= 0.3 is 0 Å². The monoisotopic (exact) mass is 316 g/mol. The second-order valence-electron chi connectivity index (χ2n) is 4.89. The first-order valence-corrected chi connectivity index (χ1v) is 7.50. The first kappa shape index (κ1) is 14.8. The number of anilines is 1. The van der Waals surface area contributed by atoms with Gasteiger partial charge in [0.05, 0.1) is 10.5 Å². The van der Waals surface area contributed by atoms with Gasteiger partial charge in [-0.3, -0.25) is 0 Å². The molecule has 22 heavy (non-hydrogen) atoms. The largest absolute Gasteiger partial charge is 0.385 e. The molecule has 0 amide bonds. The van der Waals surface area contributed by atoms with Crippen molar-refractivity contribution >= 4 is 28.5 Å². The van der Waals surface area contributed by atoms with Crippen LogP contribution < -0.4 is 5.32 Å². The number of ether oxygens (including phenoxy) is 1. The lowest BCUT2D eigenvalue weighted by Gasteiger charge is -2.04. The number of pyridine rings is 1. The maximum Gasteiger partial charge on any atom is 0.154 e. The van der Waals surface area contributed by atoms with Crippen LogP contribution in [0.15, 0.2) is 36.5 Å². The van der Waals surface area contributed by atoms with Gasteiger partial charge in [0.15, 0.2) is 5.82 Å². The summed E-state index contributed by atoms with van der Waals surface area (Å²) in [5, 5.41) is 3.97. The van der Waals surface area contributed by atoms with Gasteiger partial charge in [0.2, 0.25) is 0 Å². The summed E-state index contributed by atoms with van der Waals surface area (Å²) < 4.78 is 5.05. The second-order valence-corrected chi connectivity index (χ2v) is 5.30. The molecular formula is C16H17ClN4O. The number of hydrogen-bond acceptors (Lipinski definition) is 4. The third kappa shape index (κ3) is 3.05. The predicted octanol–water partition coefficient (Wildman–Crippen LogP) is 3.73. The van der Waals surface area contributed by atoms with Crippen LogP contribution >= 0.6 is 11.6 Å². The van der Waals surface area contributed by atoms with E-state index in [0.717, 1.165) is 41.2 Å². The van der Waals surface area contributed by atoms with Crippen LogP contribution in [0.3, 0.4) is 0 Å². The summed E-state index contributed by atoms with van der Waals surface area (Å²) in [5.74, 6) is 1.51. The van der Waals surface area contributed by atoms with Crippen LogP contribution in [0, 0.1) is 0 Å². The Labute approximate surface area is 133 Å². The maximum absolute atomic E-state index is 6.24. The molecule has 0 radical (unpaired) electrons. The molecule has 0 fully saturated rings. The van der Waals surface area contributed by atoms with Crippen molar-refractivity contribution in [1.29, 1.82) is 0 Å². The summed E-state index contributed by atoms with van der Waals surface area (Å²) in [4.78, 5) is 12.3. The predicted molar refractivity (Wildman–Crippen MR) is 89.3 cm³/mol. The number of halogens is 1. The third-order valence-electron chi connectivity index (χ3n) is 3.35. The quantitative estimate of drug-likeness (QED) is 0.680. The molecule has 0 saturated carbocycles. The summed E-state index contributed by atoms with van der Waals surface area (Å²) in [7, 11) is 1.70. The number of nitrogens with one attached hydrogen (secondary N) is 2. The molecule has 0 saturated heterocycles. The fraction of sp³-hybridized carbons (Fsp3) is 0.250. The molecular weight excluding hydrogens is 300 g/mol. The number of fused-ring (bicyclic) bond motifs is 1. The van der Waals surface area contributed by atoms with Crippen LogP contribution in [0.25, 0.3) is 22.4 Å². The molecule has 2 N–H and O–H groups in total. The minimum absolute atomic E-state index is 0.670. The fourth-order valence-electron chi connectivity index (χ4n) is 2.27. The molecule has 3 aromatic rings. The molecule has 114 valence electrons. The Bertz CT molecular complexity index is 772. The first-order chi connectivity index (χ1) is 10.8. The molecule has 0 atom stereocenters. The lowest BCUT2D eigenvalue weighted by atomic mass is 10.2. The highest BCUT2D eigenvalue weighted by Gasteiger charge is 2.11. The summed E-state index contributed by atoms with van der Waals surface area (Å²) in [6.45, 7) is 1.50. The van der Waals surface area contributed by atoms with Gasteiger partial charge in [-0.15, -0.1) is 0 Å². The smallest absolute Gasteiger partial charge is 0.154 e. The van der Waals surface area contributed by atoms with E-state index in [0.29, 0.717) is 11.6 Å². The minimum atomic E-state index is 0.670. The molecule has 0 unspecified atom stereocenters. The van der Waals surface area contributed by atoms with Crippen molar-refractivity contribution in [2.75, 3.05) is 25.6 Å². The molecule has 2 heterocycles. The third-order valence-corrected chi connectivity index (χ3v) is 3.68. The van der Waals surface area contributed by atoms with Crippen LogP contribution in [-0.4, -0.2) is 35.2 Å². The van der Waals surface area contributed by atoms with Crippen molar-refractivity contribution in [2.24, 2.45) is 0 Å². The van der Waals surface area contributed by atoms with Gasteiger partial charge in [0.25, 0.3) is 0 Å². The van der Waals surface area contributed by atoms with Gasteiger partial charge < -0.3 is 15.0 Å². The van der Waals surface area contributed by atoms with Crippen LogP contribution in [0.5, 0.6) is 0 Å². The van der Waals surface area contributed by atoms with E-state index in [1.54, 1.807) is 13.3 Å². The number of aromatic nitrogens is 3. The van der Waals surface area contributed by atoms with Gasteiger partial charge in [-0.05, 0) is 24.6 Å². The summed E-state index contributed by atoms with van der Waals surface area (Å²) >= 11 is 6.24. The van der Waals surface area contributed by atoms with E-state index in [9.17, 15) is 0 Å². The van der Waals surface area contributed by atoms with Crippen LogP contribution in [-0.2, 0) is 4.74 Å². The minimum Gasteiger partial charge on any atom is -0.385 e. The number of nitrogens with zero attached hydrogens (tertiary/aromatic N) is 2. The topological polar surface area (TPSA) is 62.8 Å². The SMILES string of the molecule is COCCCNc1nccc2[nH]c(-c3ccccc3Cl)nc12. The van der Waals surface area contributed by atoms with Gasteiger partial charge in [-0.1, -0.05) is 23.7 Å². The molecule has 0 aliphatic rings. The molecule has 0 spiro atoms. The summed E-state index contributed by atoms with van der Waals surface area (Å²) in [6, 6.07) is 9.55. The number of methoxy groups -OCH3 is 1. The maximum atomic E-state index is 6.24. The van der Waals surface area contributed by atoms with Crippen molar-refractivity contribution < 1.29 is 4.74 Å². The Morgan fingerprint density at radius 3 is 2.95 bits per heavy atom. The fourth-order valence-corrected chi connectivity index (χ4v) is 2.49. The number of imidazole rings is 1. The second kappa shape index (κ2) is 6.77. The summed E-state index contributed by atoms with van der Waals surface area (Å²) in [5.41, 5.74) is 2.62. The highest BCUT2D eigenvalue weighted by Crippen LogP contribution is 2.28. The van der Waals surface area contributed by atoms with Gasteiger partial charge in [-0.25, -0.2) is 9.97 Å². The van der Waals surface area contributed by atoms with Crippen molar-refractivity contribution in [3.05, 3.63) is 41.6 Å². The molecule has 0 bridgehead atoms. The Morgan fingerprint density at radius 1 is 1.27 bits per heavy atom. The van der Waals surface area contributed by atoms with E-state index in [1.807, 2.05) is 30.3 Å². The van der Waals surface area contributed by atoms with E-state index in [4.69, 9.17) is 16.3 Å². The highest BCUT2D eigenvalue weighted by molar-refractivity contribution is 6.33. The molecule has 0 aliphatic heterocycles. The van der Waals surface area contributed by atoms with Crippen molar-refractivity contribution in [1.82, 2.24) is 15.0 Å². The number of hydrogen-bond donors (Lipinski definition) is 2. The van der Waals surface area contributed by atoms with Crippen molar-refractivity contribution in [3.63, 3.8) is 0 Å². The summed E-state index contributed by atoms with van der Waals surface area (Å²) in [6.07, 6.45) is 2.67. The average Bonchev–Trinajstić information content (AvgIpc) is 2.96.